The summed E-state index contributed by atoms with van der Waals surface area (Å²) in [5, 5.41) is 9.58. The number of benzene rings is 1. The fourth-order valence-corrected chi connectivity index (χ4v) is 2.71. The predicted molar refractivity (Wildman–Crippen MR) is 90.1 cm³/mol. The van der Waals surface area contributed by atoms with Crippen molar-refractivity contribution in [2.45, 2.75) is 26.8 Å². The van der Waals surface area contributed by atoms with Crippen LogP contribution in [0.2, 0.25) is 0 Å². The van der Waals surface area contributed by atoms with Crippen molar-refractivity contribution in [2.24, 2.45) is 5.92 Å². The lowest BCUT2D eigenvalue weighted by molar-refractivity contribution is 0.0950. The topological polar surface area (TPSA) is 76.2 Å². The number of hydrogen-bond acceptors (Lipinski definition) is 4. The van der Waals surface area contributed by atoms with E-state index in [1.165, 1.54) is 6.20 Å². The van der Waals surface area contributed by atoms with Gasteiger partial charge in [0.2, 0.25) is 0 Å². The second kappa shape index (κ2) is 7.49. The lowest BCUT2D eigenvalue weighted by Gasteiger charge is -2.15. The highest BCUT2D eigenvalue weighted by Crippen LogP contribution is 2.22. The summed E-state index contributed by atoms with van der Waals surface area (Å²) in [4.78, 5) is 12.2. The highest BCUT2D eigenvalue weighted by Gasteiger charge is 2.17. The van der Waals surface area contributed by atoms with E-state index in [9.17, 15) is 4.79 Å². The molecule has 0 spiro atoms. The van der Waals surface area contributed by atoms with Crippen LogP contribution >= 0.6 is 0 Å². The standard InChI is InChI=1S/C18H23N3O3/c1-12-3-4-15(8-19-18(22)16-9-20-21-13(16)2)17(7-12)24-11-14-5-6-23-10-14/h3-4,7,9,14H,5-6,8,10-11H2,1-2H3,(H,19,22)(H,20,21)/t14-/m0/s1. The second-order valence-electron chi connectivity index (χ2n) is 6.24. The first-order valence-electron chi connectivity index (χ1n) is 8.21. The van der Waals surface area contributed by atoms with Crippen molar-refractivity contribution in [3.8, 4) is 5.75 Å². The second-order valence-corrected chi connectivity index (χ2v) is 6.24. The number of hydrogen-bond donors (Lipinski definition) is 2. The maximum Gasteiger partial charge on any atom is 0.255 e. The number of nitrogens with zero attached hydrogens (tertiary/aromatic N) is 1. The van der Waals surface area contributed by atoms with Crippen molar-refractivity contribution in [3.05, 3.63) is 46.8 Å². The third-order valence-electron chi connectivity index (χ3n) is 4.24. The van der Waals surface area contributed by atoms with Crippen molar-refractivity contribution < 1.29 is 14.3 Å². The van der Waals surface area contributed by atoms with Gasteiger partial charge in [-0.3, -0.25) is 9.89 Å². The fraction of sp³-hybridized carbons (Fsp3) is 0.444. The normalized spacial score (nSPS) is 17.0. The minimum absolute atomic E-state index is 0.142. The summed E-state index contributed by atoms with van der Waals surface area (Å²) in [7, 11) is 0. The largest absolute Gasteiger partial charge is 0.493 e. The molecule has 1 aromatic heterocycles. The van der Waals surface area contributed by atoms with Gasteiger partial charge in [0.1, 0.15) is 5.75 Å². The van der Waals surface area contributed by atoms with Crippen LogP contribution in [0.15, 0.2) is 24.4 Å². The van der Waals surface area contributed by atoms with E-state index >= 15 is 0 Å². The summed E-state index contributed by atoms with van der Waals surface area (Å²) in [5.74, 6) is 1.13. The van der Waals surface area contributed by atoms with Crippen molar-refractivity contribution in [1.82, 2.24) is 15.5 Å². The third kappa shape index (κ3) is 3.94. The summed E-state index contributed by atoms with van der Waals surface area (Å²) in [5.41, 5.74) is 3.42. The molecule has 0 aliphatic carbocycles. The Bertz CT molecular complexity index is 705. The smallest absolute Gasteiger partial charge is 0.255 e. The molecule has 3 rings (SSSR count). The molecule has 6 nitrogen and oxygen atoms in total. The number of amides is 1. The van der Waals surface area contributed by atoms with E-state index in [1.807, 2.05) is 32.0 Å². The first kappa shape index (κ1) is 16.5. The maximum absolute atomic E-state index is 12.2. The molecule has 1 fully saturated rings. The van der Waals surface area contributed by atoms with E-state index in [0.29, 0.717) is 24.6 Å². The Labute approximate surface area is 141 Å². The first-order chi connectivity index (χ1) is 11.6. The Hall–Kier alpha value is -2.34. The lowest BCUT2D eigenvalue weighted by atomic mass is 10.1. The van der Waals surface area contributed by atoms with Crippen molar-refractivity contribution in [3.63, 3.8) is 0 Å². The van der Waals surface area contributed by atoms with Gasteiger partial charge in [-0.2, -0.15) is 5.10 Å². The number of aromatic nitrogens is 2. The molecule has 2 N–H and O–H groups in total. The summed E-state index contributed by atoms with van der Waals surface area (Å²) in [6, 6.07) is 6.04. The van der Waals surface area contributed by atoms with Gasteiger partial charge in [-0.15, -0.1) is 0 Å². The molecule has 1 aliphatic heterocycles. The Morgan fingerprint density at radius 3 is 3.04 bits per heavy atom. The van der Waals surface area contributed by atoms with Crippen molar-refractivity contribution in [2.75, 3.05) is 19.8 Å². The Morgan fingerprint density at radius 1 is 1.46 bits per heavy atom. The summed E-state index contributed by atoms with van der Waals surface area (Å²) >= 11 is 0. The molecular formula is C18H23N3O3. The average molecular weight is 329 g/mol. The van der Waals surface area contributed by atoms with E-state index < -0.39 is 0 Å². The van der Waals surface area contributed by atoms with Crippen molar-refractivity contribution >= 4 is 5.91 Å². The molecule has 128 valence electrons. The van der Waals surface area contributed by atoms with Gasteiger partial charge in [-0.1, -0.05) is 12.1 Å². The molecule has 1 amide bonds. The number of H-pyrrole nitrogens is 1. The highest BCUT2D eigenvalue weighted by atomic mass is 16.5. The summed E-state index contributed by atoms with van der Waals surface area (Å²) < 4.78 is 11.4. The Morgan fingerprint density at radius 2 is 2.33 bits per heavy atom. The first-order valence-corrected chi connectivity index (χ1v) is 8.21. The quantitative estimate of drug-likeness (QED) is 0.853. The number of carbonyl (C=O) groups is 1. The number of aryl methyl sites for hydroxylation is 2. The number of carbonyl (C=O) groups excluding carboxylic acids is 1. The summed E-state index contributed by atoms with van der Waals surface area (Å²) in [6.45, 7) is 6.49. The molecule has 6 heteroatoms. The van der Waals surface area contributed by atoms with Gasteiger partial charge in [-0.25, -0.2) is 0 Å². The molecule has 2 heterocycles. The minimum Gasteiger partial charge on any atom is -0.493 e. The molecule has 1 atom stereocenters. The van der Waals surface area contributed by atoms with Gasteiger partial charge in [-0.05, 0) is 31.9 Å². The van der Waals surface area contributed by atoms with Gasteiger partial charge in [0, 0.05) is 30.3 Å². The van der Waals surface area contributed by atoms with E-state index in [0.717, 1.165) is 42.2 Å². The van der Waals surface area contributed by atoms with Gasteiger partial charge in [0.25, 0.3) is 5.91 Å². The number of ether oxygens (including phenoxy) is 2. The van der Waals surface area contributed by atoms with Crippen LogP contribution in [0.5, 0.6) is 5.75 Å². The number of aromatic amines is 1. The predicted octanol–water partition coefficient (Wildman–Crippen LogP) is 2.37. The zero-order valence-corrected chi connectivity index (χ0v) is 14.1. The molecule has 1 saturated heterocycles. The maximum atomic E-state index is 12.2. The van der Waals surface area contributed by atoms with Gasteiger partial charge >= 0.3 is 0 Å². The van der Waals surface area contributed by atoms with Crippen LogP contribution in [0.25, 0.3) is 0 Å². The highest BCUT2D eigenvalue weighted by molar-refractivity contribution is 5.94. The Kier molecular flexibility index (Phi) is 5.15. The van der Waals surface area contributed by atoms with Crippen LogP contribution in [0.4, 0.5) is 0 Å². The SMILES string of the molecule is Cc1ccc(CNC(=O)c2cn[nH]c2C)c(OC[C@H]2CCOC2)c1. The molecule has 2 aromatic rings. The van der Waals surface area contributed by atoms with E-state index in [-0.39, 0.29) is 5.91 Å². The number of nitrogens with one attached hydrogen (secondary N) is 2. The molecule has 1 aliphatic rings. The minimum atomic E-state index is -0.142. The van der Waals surface area contributed by atoms with Crippen LogP contribution < -0.4 is 10.1 Å². The fourth-order valence-electron chi connectivity index (χ4n) is 2.71. The van der Waals surface area contributed by atoms with Crippen molar-refractivity contribution in [1.29, 1.82) is 0 Å². The van der Waals surface area contributed by atoms with E-state index in [1.54, 1.807) is 0 Å². The average Bonchev–Trinajstić information content (AvgIpc) is 3.23. The van der Waals surface area contributed by atoms with Crippen LogP contribution in [0.1, 0.15) is 33.6 Å². The zero-order chi connectivity index (χ0) is 16.9. The molecule has 0 radical (unpaired) electrons. The van der Waals surface area contributed by atoms with Gasteiger partial charge in [0.15, 0.2) is 0 Å². The molecule has 24 heavy (non-hydrogen) atoms. The van der Waals surface area contributed by atoms with Crippen LogP contribution in [0.3, 0.4) is 0 Å². The zero-order valence-electron chi connectivity index (χ0n) is 14.1. The number of rotatable bonds is 6. The van der Waals surface area contributed by atoms with Crippen LogP contribution in [-0.4, -0.2) is 35.9 Å². The van der Waals surface area contributed by atoms with Crippen LogP contribution in [0, 0.1) is 19.8 Å². The third-order valence-corrected chi connectivity index (χ3v) is 4.24. The van der Waals surface area contributed by atoms with E-state index in [2.05, 4.69) is 15.5 Å². The van der Waals surface area contributed by atoms with E-state index in [4.69, 9.17) is 9.47 Å². The molecule has 0 saturated carbocycles. The molecular weight excluding hydrogens is 306 g/mol. The van der Waals surface area contributed by atoms with Crippen LogP contribution in [-0.2, 0) is 11.3 Å². The lowest BCUT2D eigenvalue weighted by Crippen LogP contribution is -2.23. The van der Waals surface area contributed by atoms with Gasteiger partial charge in [0.05, 0.1) is 25.0 Å². The Balaban J connectivity index is 1.63. The monoisotopic (exact) mass is 329 g/mol. The summed E-state index contributed by atoms with van der Waals surface area (Å²) in [6.07, 6.45) is 2.58. The molecule has 1 aromatic carbocycles. The molecule has 0 bridgehead atoms. The molecule has 0 unspecified atom stereocenters. The van der Waals surface area contributed by atoms with Gasteiger partial charge < -0.3 is 14.8 Å².